The minimum Gasteiger partial charge on any atom is -0.497 e. The molecule has 0 atom stereocenters. The fraction of sp³-hybridized carbons (Fsp3) is 0.611. The molecule has 0 amide bonds. The number of hydrogen-bond donors (Lipinski definition) is 2. The van der Waals surface area contributed by atoms with Crippen LogP contribution in [-0.4, -0.2) is 39.8 Å². The van der Waals surface area contributed by atoms with Gasteiger partial charge in [0.15, 0.2) is 5.96 Å². The first-order valence-electron chi connectivity index (χ1n) is 8.45. The molecule has 1 fully saturated rings. The van der Waals surface area contributed by atoms with Gasteiger partial charge in [0, 0.05) is 19.6 Å². The topological polar surface area (TPSA) is 54.9 Å². The van der Waals surface area contributed by atoms with E-state index in [0.717, 1.165) is 36.0 Å². The van der Waals surface area contributed by atoms with Crippen molar-refractivity contribution < 1.29 is 9.47 Å². The van der Waals surface area contributed by atoms with Gasteiger partial charge in [-0.25, -0.2) is 0 Å². The summed E-state index contributed by atoms with van der Waals surface area (Å²) in [5, 5.41) is 6.92. The van der Waals surface area contributed by atoms with Crippen molar-refractivity contribution in [3.63, 3.8) is 0 Å². The molecular formula is C18H29N3O2. The molecule has 0 spiro atoms. The van der Waals surface area contributed by atoms with Gasteiger partial charge in [0.2, 0.25) is 0 Å². The highest BCUT2D eigenvalue weighted by atomic mass is 16.5. The Morgan fingerprint density at radius 2 is 1.96 bits per heavy atom. The number of aliphatic imine (C=N–C) groups is 1. The number of nitrogens with one attached hydrogen (secondary N) is 2. The van der Waals surface area contributed by atoms with Crippen molar-refractivity contribution in [3.8, 4) is 11.5 Å². The molecule has 5 heteroatoms. The van der Waals surface area contributed by atoms with Gasteiger partial charge in [-0.3, -0.25) is 4.99 Å². The Kier molecular flexibility index (Phi) is 7.04. The van der Waals surface area contributed by atoms with E-state index in [4.69, 9.17) is 9.47 Å². The zero-order chi connectivity index (χ0) is 16.5. The molecule has 0 radical (unpaired) electrons. The molecule has 0 bridgehead atoms. The van der Waals surface area contributed by atoms with E-state index in [2.05, 4.69) is 15.6 Å². The van der Waals surface area contributed by atoms with Crippen LogP contribution in [0, 0.1) is 0 Å². The van der Waals surface area contributed by atoms with Crippen molar-refractivity contribution in [2.45, 2.75) is 44.6 Å². The second-order valence-corrected chi connectivity index (χ2v) is 5.91. The maximum Gasteiger partial charge on any atom is 0.191 e. The lowest BCUT2D eigenvalue weighted by atomic mass is 9.96. The molecule has 0 aromatic heterocycles. The number of hydrogen-bond acceptors (Lipinski definition) is 3. The standard InChI is InChI=1S/C18H29N3O2/c1-19-18(21-15-7-5-4-6-8-15)20-12-11-14-13-16(22-2)9-10-17(14)23-3/h9-10,13,15H,4-8,11-12H2,1-3H3,(H2,19,20,21). The number of rotatable bonds is 6. The number of guanidine groups is 1. The third kappa shape index (κ3) is 5.34. The lowest BCUT2D eigenvalue weighted by Gasteiger charge is -2.25. The average Bonchev–Trinajstić information content (AvgIpc) is 2.61. The Morgan fingerprint density at radius 1 is 1.17 bits per heavy atom. The Labute approximate surface area is 139 Å². The predicted molar refractivity (Wildman–Crippen MR) is 94.6 cm³/mol. The third-order valence-electron chi connectivity index (χ3n) is 4.34. The van der Waals surface area contributed by atoms with Crippen molar-refractivity contribution in [2.75, 3.05) is 27.8 Å². The number of ether oxygens (including phenoxy) is 2. The van der Waals surface area contributed by atoms with Gasteiger partial charge in [-0.05, 0) is 43.0 Å². The van der Waals surface area contributed by atoms with Crippen LogP contribution in [0.5, 0.6) is 11.5 Å². The van der Waals surface area contributed by atoms with E-state index in [1.807, 2.05) is 25.2 Å². The van der Waals surface area contributed by atoms with Crippen molar-refractivity contribution >= 4 is 5.96 Å². The summed E-state index contributed by atoms with van der Waals surface area (Å²) in [4.78, 5) is 4.33. The van der Waals surface area contributed by atoms with Gasteiger partial charge in [-0.2, -0.15) is 0 Å². The molecule has 5 nitrogen and oxygen atoms in total. The third-order valence-corrected chi connectivity index (χ3v) is 4.34. The van der Waals surface area contributed by atoms with Crippen LogP contribution in [0.3, 0.4) is 0 Å². The zero-order valence-electron chi connectivity index (χ0n) is 14.5. The van der Waals surface area contributed by atoms with Gasteiger partial charge >= 0.3 is 0 Å². The molecule has 128 valence electrons. The summed E-state index contributed by atoms with van der Waals surface area (Å²) in [7, 11) is 5.20. The average molecular weight is 319 g/mol. The van der Waals surface area contributed by atoms with E-state index in [0.29, 0.717) is 6.04 Å². The van der Waals surface area contributed by atoms with Crippen molar-refractivity contribution in [1.82, 2.24) is 10.6 Å². The minimum atomic E-state index is 0.557. The Balaban J connectivity index is 1.85. The molecular weight excluding hydrogens is 290 g/mol. The Bertz CT molecular complexity index is 511. The Hall–Kier alpha value is -1.91. The van der Waals surface area contributed by atoms with Gasteiger partial charge < -0.3 is 20.1 Å². The summed E-state index contributed by atoms with van der Waals surface area (Å²) in [6.45, 7) is 0.802. The number of nitrogens with zero attached hydrogens (tertiary/aromatic N) is 1. The van der Waals surface area contributed by atoms with Gasteiger partial charge in [-0.1, -0.05) is 19.3 Å². The van der Waals surface area contributed by atoms with E-state index in [1.165, 1.54) is 32.1 Å². The predicted octanol–water partition coefficient (Wildman–Crippen LogP) is 2.74. The SMILES string of the molecule is CN=C(NCCc1cc(OC)ccc1OC)NC1CCCCC1. The van der Waals surface area contributed by atoms with Gasteiger partial charge in [0.05, 0.1) is 14.2 Å². The molecule has 1 saturated carbocycles. The molecule has 0 unspecified atom stereocenters. The first kappa shape index (κ1) is 17.4. The molecule has 2 N–H and O–H groups in total. The summed E-state index contributed by atoms with van der Waals surface area (Å²) in [5.41, 5.74) is 1.13. The molecule has 1 aliphatic rings. The first-order chi connectivity index (χ1) is 11.3. The van der Waals surface area contributed by atoms with Crippen LogP contribution in [-0.2, 0) is 6.42 Å². The molecule has 1 aromatic carbocycles. The highest BCUT2D eigenvalue weighted by molar-refractivity contribution is 5.79. The summed E-state index contributed by atoms with van der Waals surface area (Å²) in [5.74, 6) is 2.63. The zero-order valence-corrected chi connectivity index (χ0v) is 14.5. The van der Waals surface area contributed by atoms with E-state index in [1.54, 1.807) is 14.2 Å². The van der Waals surface area contributed by atoms with Crippen LogP contribution in [0.1, 0.15) is 37.7 Å². The van der Waals surface area contributed by atoms with Crippen LogP contribution in [0.2, 0.25) is 0 Å². The molecule has 23 heavy (non-hydrogen) atoms. The van der Waals surface area contributed by atoms with Gasteiger partial charge in [0.25, 0.3) is 0 Å². The van der Waals surface area contributed by atoms with E-state index in [-0.39, 0.29) is 0 Å². The summed E-state index contributed by atoms with van der Waals surface area (Å²) < 4.78 is 10.7. The lowest BCUT2D eigenvalue weighted by Crippen LogP contribution is -2.44. The largest absolute Gasteiger partial charge is 0.497 e. The monoisotopic (exact) mass is 319 g/mol. The van der Waals surface area contributed by atoms with Gasteiger partial charge in [0.1, 0.15) is 11.5 Å². The number of methoxy groups -OCH3 is 2. The maximum atomic E-state index is 5.42. The van der Waals surface area contributed by atoms with Crippen LogP contribution >= 0.6 is 0 Å². The number of benzene rings is 1. The normalized spacial score (nSPS) is 16.0. The summed E-state index contributed by atoms with van der Waals surface area (Å²) in [6.07, 6.45) is 7.33. The lowest BCUT2D eigenvalue weighted by molar-refractivity contribution is 0.398. The summed E-state index contributed by atoms with van der Waals surface area (Å²) in [6, 6.07) is 6.45. The minimum absolute atomic E-state index is 0.557. The van der Waals surface area contributed by atoms with E-state index >= 15 is 0 Å². The van der Waals surface area contributed by atoms with Crippen LogP contribution in [0.15, 0.2) is 23.2 Å². The van der Waals surface area contributed by atoms with Gasteiger partial charge in [-0.15, -0.1) is 0 Å². The molecule has 0 aliphatic heterocycles. The second kappa shape index (κ2) is 9.28. The van der Waals surface area contributed by atoms with Crippen LogP contribution < -0.4 is 20.1 Å². The second-order valence-electron chi connectivity index (χ2n) is 5.91. The van der Waals surface area contributed by atoms with Crippen molar-refractivity contribution in [1.29, 1.82) is 0 Å². The maximum absolute atomic E-state index is 5.42. The Morgan fingerprint density at radius 3 is 2.61 bits per heavy atom. The smallest absolute Gasteiger partial charge is 0.191 e. The fourth-order valence-electron chi connectivity index (χ4n) is 3.03. The van der Waals surface area contributed by atoms with E-state index < -0.39 is 0 Å². The molecule has 1 aromatic rings. The first-order valence-corrected chi connectivity index (χ1v) is 8.45. The highest BCUT2D eigenvalue weighted by Gasteiger charge is 2.14. The summed E-state index contributed by atoms with van der Waals surface area (Å²) >= 11 is 0. The molecule has 0 saturated heterocycles. The molecule has 1 aliphatic carbocycles. The quantitative estimate of drug-likeness (QED) is 0.625. The molecule has 2 rings (SSSR count). The molecule has 0 heterocycles. The van der Waals surface area contributed by atoms with Crippen molar-refractivity contribution in [3.05, 3.63) is 23.8 Å². The van der Waals surface area contributed by atoms with Crippen LogP contribution in [0.25, 0.3) is 0 Å². The fourth-order valence-corrected chi connectivity index (χ4v) is 3.03. The van der Waals surface area contributed by atoms with E-state index in [9.17, 15) is 0 Å². The van der Waals surface area contributed by atoms with Crippen molar-refractivity contribution in [2.24, 2.45) is 4.99 Å². The van der Waals surface area contributed by atoms with Crippen LogP contribution in [0.4, 0.5) is 0 Å². The highest BCUT2D eigenvalue weighted by Crippen LogP contribution is 2.24.